The number of carbonyl (C=O) groups excluding carboxylic acids is 1. The van der Waals surface area contributed by atoms with Crippen LogP contribution in [0.15, 0.2) is 41.5 Å². The Bertz CT molecular complexity index is 1210. The van der Waals surface area contributed by atoms with E-state index < -0.39 is 0 Å². The van der Waals surface area contributed by atoms with E-state index in [4.69, 9.17) is 11.6 Å². The Morgan fingerprint density at radius 2 is 2.15 bits per heavy atom. The Hall–Kier alpha value is -3.13. The predicted octanol–water partition coefficient (Wildman–Crippen LogP) is 3.07. The zero-order chi connectivity index (χ0) is 19.0. The number of carbonyl (C=O) groups is 1. The summed E-state index contributed by atoms with van der Waals surface area (Å²) in [7, 11) is 0. The third-order valence-corrected chi connectivity index (χ3v) is 4.56. The number of unbranched alkanes of at least 4 members (excludes halogenated alkanes) is 1. The molecule has 0 saturated heterocycles. The van der Waals surface area contributed by atoms with Crippen LogP contribution in [0, 0.1) is 0 Å². The van der Waals surface area contributed by atoms with E-state index in [2.05, 4.69) is 27.4 Å². The first kappa shape index (κ1) is 17.3. The zero-order valence-corrected chi connectivity index (χ0v) is 15.3. The molecule has 4 rings (SSSR count). The largest absolute Gasteiger partial charge is 0.344 e. The molecular weight excluding hydrogens is 368 g/mol. The summed E-state index contributed by atoms with van der Waals surface area (Å²) in [5.41, 5.74) is 1.32. The molecular formula is C18H17ClN6O2. The number of pyridine rings is 1. The monoisotopic (exact) mass is 384 g/mol. The number of rotatable bonds is 4. The molecule has 3 aromatic heterocycles. The zero-order valence-electron chi connectivity index (χ0n) is 14.6. The van der Waals surface area contributed by atoms with Crippen molar-refractivity contribution in [3.8, 4) is 5.69 Å². The van der Waals surface area contributed by atoms with Gasteiger partial charge in [-0.05, 0) is 24.6 Å². The van der Waals surface area contributed by atoms with Gasteiger partial charge in [-0.15, -0.1) is 0 Å². The number of hydrogen-bond acceptors (Lipinski definition) is 4. The van der Waals surface area contributed by atoms with Crippen molar-refractivity contribution in [3.63, 3.8) is 0 Å². The van der Waals surface area contributed by atoms with E-state index in [0.29, 0.717) is 39.2 Å². The fraction of sp³-hybridized carbons (Fsp3) is 0.222. The number of halogens is 1. The number of amides is 1. The summed E-state index contributed by atoms with van der Waals surface area (Å²) >= 11 is 6.03. The van der Waals surface area contributed by atoms with Crippen LogP contribution in [-0.2, 0) is 0 Å². The van der Waals surface area contributed by atoms with Gasteiger partial charge in [0, 0.05) is 17.8 Å². The van der Waals surface area contributed by atoms with Crippen LogP contribution in [0.1, 0.15) is 19.8 Å². The molecule has 4 aromatic rings. The van der Waals surface area contributed by atoms with Crippen molar-refractivity contribution >= 4 is 39.6 Å². The van der Waals surface area contributed by atoms with E-state index >= 15 is 0 Å². The molecule has 0 fully saturated rings. The quantitative estimate of drug-likeness (QED) is 0.528. The van der Waals surface area contributed by atoms with Crippen molar-refractivity contribution in [1.29, 1.82) is 0 Å². The normalized spacial score (nSPS) is 11.3. The molecule has 0 aliphatic rings. The van der Waals surface area contributed by atoms with Gasteiger partial charge in [0.2, 0.25) is 0 Å². The molecule has 0 saturated carbocycles. The molecule has 0 unspecified atom stereocenters. The summed E-state index contributed by atoms with van der Waals surface area (Å²) in [4.78, 5) is 29.3. The summed E-state index contributed by atoms with van der Waals surface area (Å²) in [6.07, 6.45) is 4.85. The van der Waals surface area contributed by atoms with Crippen LogP contribution < -0.4 is 10.9 Å². The lowest BCUT2D eigenvalue weighted by Crippen LogP contribution is -2.30. The maximum atomic E-state index is 12.7. The number of benzene rings is 1. The van der Waals surface area contributed by atoms with Crippen LogP contribution in [0.4, 0.5) is 4.79 Å². The Kier molecular flexibility index (Phi) is 4.41. The Morgan fingerprint density at radius 3 is 2.93 bits per heavy atom. The Balaban J connectivity index is 1.82. The fourth-order valence-corrected chi connectivity index (χ4v) is 3.12. The second-order valence-electron chi connectivity index (χ2n) is 6.16. The minimum atomic E-state index is -0.345. The topological polar surface area (TPSA) is 97.6 Å². The first-order valence-corrected chi connectivity index (χ1v) is 8.99. The highest BCUT2D eigenvalue weighted by molar-refractivity contribution is 6.30. The molecule has 2 N–H and O–H groups in total. The van der Waals surface area contributed by atoms with Gasteiger partial charge in [0.05, 0.1) is 28.2 Å². The first-order chi connectivity index (χ1) is 13.1. The average Bonchev–Trinajstić information content (AvgIpc) is 3.23. The van der Waals surface area contributed by atoms with Gasteiger partial charge in [-0.2, -0.15) is 9.78 Å². The van der Waals surface area contributed by atoms with Crippen molar-refractivity contribution in [2.75, 3.05) is 6.54 Å². The van der Waals surface area contributed by atoms with Gasteiger partial charge in [-0.25, -0.2) is 14.5 Å². The Morgan fingerprint density at radius 1 is 1.30 bits per heavy atom. The first-order valence-electron chi connectivity index (χ1n) is 8.61. The van der Waals surface area contributed by atoms with E-state index in [1.807, 2.05) is 0 Å². The molecule has 27 heavy (non-hydrogen) atoms. The van der Waals surface area contributed by atoms with Crippen molar-refractivity contribution in [2.45, 2.75) is 19.8 Å². The van der Waals surface area contributed by atoms with Crippen molar-refractivity contribution in [1.82, 2.24) is 29.9 Å². The second kappa shape index (κ2) is 6.88. The third-order valence-electron chi connectivity index (χ3n) is 4.32. The number of hydrogen-bond donors (Lipinski definition) is 2. The number of H-pyrrole nitrogens is 1. The minimum absolute atomic E-state index is 0.248. The van der Waals surface area contributed by atoms with Crippen LogP contribution in [0.25, 0.3) is 27.6 Å². The van der Waals surface area contributed by atoms with Crippen molar-refractivity contribution in [2.24, 2.45) is 0 Å². The van der Waals surface area contributed by atoms with Gasteiger partial charge < -0.3 is 5.32 Å². The molecule has 138 valence electrons. The minimum Gasteiger partial charge on any atom is -0.336 e. The van der Waals surface area contributed by atoms with E-state index in [9.17, 15) is 9.59 Å². The van der Waals surface area contributed by atoms with E-state index in [1.54, 1.807) is 24.3 Å². The van der Waals surface area contributed by atoms with Crippen LogP contribution in [0.2, 0.25) is 5.02 Å². The third kappa shape index (κ3) is 2.97. The van der Waals surface area contributed by atoms with Crippen LogP contribution in [-0.4, -0.2) is 37.1 Å². The van der Waals surface area contributed by atoms with Gasteiger partial charge in [0.1, 0.15) is 0 Å². The molecule has 0 atom stereocenters. The number of aromatic amines is 1. The molecule has 3 heterocycles. The number of aromatic nitrogens is 5. The van der Waals surface area contributed by atoms with Gasteiger partial charge in [0.25, 0.3) is 5.56 Å². The lowest BCUT2D eigenvalue weighted by Gasteiger charge is -2.04. The van der Waals surface area contributed by atoms with Crippen LogP contribution >= 0.6 is 11.6 Å². The number of nitrogens with zero attached hydrogens (tertiary/aromatic N) is 4. The summed E-state index contributed by atoms with van der Waals surface area (Å²) in [5.74, 6) is 0. The molecule has 0 spiro atoms. The highest BCUT2D eigenvalue weighted by atomic mass is 35.5. The van der Waals surface area contributed by atoms with E-state index in [-0.39, 0.29) is 11.6 Å². The van der Waals surface area contributed by atoms with E-state index in [1.165, 1.54) is 21.8 Å². The maximum Gasteiger partial charge on any atom is 0.344 e. The summed E-state index contributed by atoms with van der Waals surface area (Å²) in [6.45, 7) is 2.62. The standard InChI is InChI=1S/C18H17ClN6O2/c1-2-3-7-20-18(27)25-16-13(10-22-25)15-14(9-21-16)17(26)24(23-15)12-6-4-5-11(19)8-12/h4-6,8-10,23H,2-3,7H2,1H3,(H,20,27). The lowest BCUT2D eigenvalue weighted by atomic mass is 10.2. The number of nitrogens with one attached hydrogen (secondary N) is 2. The molecule has 9 heteroatoms. The van der Waals surface area contributed by atoms with Gasteiger partial charge in [0.15, 0.2) is 5.65 Å². The predicted molar refractivity (Wildman–Crippen MR) is 104 cm³/mol. The second-order valence-corrected chi connectivity index (χ2v) is 6.59. The smallest absolute Gasteiger partial charge is 0.336 e. The molecule has 0 bridgehead atoms. The molecule has 8 nitrogen and oxygen atoms in total. The highest BCUT2D eigenvalue weighted by Crippen LogP contribution is 2.21. The van der Waals surface area contributed by atoms with Crippen LogP contribution in [0.3, 0.4) is 0 Å². The van der Waals surface area contributed by atoms with Gasteiger partial charge >= 0.3 is 6.03 Å². The van der Waals surface area contributed by atoms with Crippen LogP contribution in [0.5, 0.6) is 0 Å². The molecule has 0 aliphatic carbocycles. The van der Waals surface area contributed by atoms with Gasteiger partial charge in [-0.3, -0.25) is 9.89 Å². The molecule has 1 aromatic carbocycles. The van der Waals surface area contributed by atoms with Crippen molar-refractivity contribution < 1.29 is 4.79 Å². The fourth-order valence-electron chi connectivity index (χ4n) is 2.94. The Labute approximate surface area is 158 Å². The lowest BCUT2D eigenvalue weighted by molar-refractivity contribution is 0.240. The highest BCUT2D eigenvalue weighted by Gasteiger charge is 2.17. The molecule has 0 radical (unpaired) electrons. The van der Waals surface area contributed by atoms with E-state index in [0.717, 1.165) is 12.8 Å². The average molecular weight is 385 g/mol. The maximum absolute atomic E-state index is 12.7. The SMILES string of the molecule is CCCCNC(=O)n1ncc2c3[nH]n(-c4cccc(Cl)c4)c(=O)c3cnc21. The van der Waals surface area contributed by atoms with Gasteiger partial charge in [-0.1, -0.05) is 31.0 Å². The summed E-state index contributed by atoms with van der Waals surface area (Å²) in [6, 6.07) is 6.62. The summed E-state index contributed by atoms with van der Waals surface area (Å²) in [5, 5.41) is 11.5. The molecule has 1 amide bonds. The summed E-state index contributed by atoms with van der Waals surface area (Å²) < 4.78 is 2.61. The molecule has 0 aliphatic heterocycles. The number of fused-ring (bicyclic) bond motifs is 3. The van der Waals surface area contributed by atoms with Crippen molar-refractivity contribution in [3.05, 3.63) is 52.0 Å².